The second-order valence-corrected chi connectivity index (χ2v) is 8.03. The number of hydrogen-bond donors (Lipinski definition) is 1. The summed E-state index contributed by atoms with van der Waals surface area (Å²) in [5.74, 6) is 1.97. The van der Waals surface area contributed by atoms with Crippen LogP contribution in [0.15, 0.2) is 34.1 Å². The number of aryl methyl sites for hydroxylation is 3. The molecule has 0 radical (unpaired) electrons. The summed E-state index contributed by atoms with van der Waals surface area (Å²) in [5.41, 5.74) is 1.88. The molecule has 0 aliphatic rings. The largest absolute Gasteiger partial charge is 0.309 e. The first-order valence-electron chi connectivity index (χ1n) is 7.88. The fourth-order valence-electron chi connectivity index (χ4n) is 2.77. The zero-order valence-electron chi connectivity index (χ0n) is 14.1. The highest BCUT2D eigenvalue weighted by atomic mass is 32.2. The van der Waals surface area contributed by atoms with Crippen molar-refractivity contribution in [3.05, 3.63) is 56.7 Å². The molecule has 1 N–H and O–H groups in total. The van der Waals surface area contributed by atoms with Crippen LogP contribution in [-0.4, -0.2) is 19.9 Å². The Hall–Kier alpha value is -2.25. The lowest BCUT2D eigenvalue weighted by Gasteiger charge is -2.06. The number of thioether (sulfide) groups is 1. The fraction of sp³-hybridized carbons (Fsp3) is 0.222. The first-order valence-corrected chi connectivity index (χ1v) is 9.68. The van der Waals surface area contributed by atoms with Crippen LogP contribution in [0.5, 0.6) is 0 Å². The van der Waals surface area contributed by atoms with Crippen molar-refractivity contribution in [3.8, 4) is 0 Å². The highest BCUT2D eigenvalue weighted by Gasteiger charge is 2.13. The molecule has 0 bridgehead atoms. The molecular weight excluding hydrogens is 352 g/mol. The van der Waals surface area contributed by atoms with E-state index in [1.165, 1.54) is 0 Å². The smallest absolute Gasteiger partial charge is 0.259 e. The molecule has 5 nitrogen and oxygen atoms in total. The van der Waals surface area contributed by atoms with Gasteiger partial charge in [0.15, 0.2) is 0 Å². The average Bonchev–Trinajstić information content (AvgIpc) is 2.87. The minimum atomic E-state index is -0.0637. The number of fused-ring (bicyclic) bond motifs is 2. The maximum absolute atomic E-state index is 12.4. The molecule has 0 aliphatic heterocycles. The van der Waals surface area contributed by atoms with E-state index in [2.05, 4.69) is 19.9 Å². The minimum Gasteiger partial charge on any atom is -0.309 e. The van der Waals surface area contributed by atoms with E-state index in [1.807, 2.05) is 45.0 Å². The molecule has 7 heteroatoms. The first kappa shape index (κ1) is 16.2. The van der Waals surface area contributed by atoms with E-state index in [4.69, 9.17) is 0 Å². The van der Waals surface area contributed by atoms with Crippen LogP contribution < -0.4 is 5.56 Å². The SMILES string of the molecule is Cc1nc(SCc2nc3sc(C)c(C)c3c(=O)[nH]2)c2ccccc2n1. The molecule has 25 heavy (non-hydrogen) atoms. The molecule has 126 valence electrons. The summed E-state index contributed by atoms with van der Waals surface area (Å²) in [5, 5.41) is 2.63. The van der Waals surface area contributed by atoms with Gasteiger partial charge >= 0.3 is 0 Å². The van der Waals surface area contributed by atoms with Gasteiger partial charge in [-0.1, -0.05) is 30.0 Å². The lowest BCUT2D eigenvalue weighted by atomic mass is 10.2. The Balaban J connectivity index is 1.70. The summed E-state index contributed by atoms with van der Waals surface area (Å²) in [6, 6.07) is 7.95. The fourth-order valence-corrected chi connectivity index (χ4v) is 4.76. The van der Waals surface area contributed by atoms with Crippen molar-refractivity contribution in [3.63, 3.8) is 0 Å². The Morgan fingerprint density at radius 2 is 1.92 bits per heavy atom. The van der Waals surface area contributed by atoms with Gasteiger partial charge in [-0.2, -0.15) is 0 Å². The van der Waals surface area contributed by atoms with E-state index in [0.29, 0.717) is 17.0 Å². The van der Waals surface area contributed by atoms with Crippen LogP contribution in [-0.2, 0) is 5.75 Å². The van der Waals surface area contributed by atoms with Crippen LogP contribution in [0.4, 0.5) is 0 Å². The topological polar surface area (TPSA) is 71.5 Å². The van der Waals surface area contributed by atoms with Crippen LogP contribution >= 0.6 is 23.1 Å². The Kier molecular flexibility index (Phi) is 4.05. The molecule has 3 heterocycles. The van der Waals surface area contributed by atoms with E-state index < -0.39 is 0 Å². The molecule has 0 atom stereocenters. The van der Waals surface area contributed by atoms with Crippen molar-refractivity contribution in [2.24, 2.45) is 0 Å². The zero-order chi connectivity index (χ0) is 17.6. The summed E-state index contributed by atoms with van der Waals surface area (Å²) in [7, 11) is 0. The number of H-pyrrole nitrogens is 1. The Morgan fingerprint density at radius 3 is 2.76 bits per heavy atom. The number of benzene rings is 1. The minimum absolute atomic E-state index is 0.0637. The number of aromatic nitrogens is 4. The Morgan fingerprint density at radius 1 is 1.12 bits per heavy atom. The van der Waals surface area contributed by atoms with Gasteiger partial charge in [0.2, 0.25) is 0 Å². The molecule has 3 aromatic heterocycles. The highest BCUT2D eigenvalue weighted by molar-refractivity contribution is 7.98. The van der Waals surface area contributed by atoms with E-state index in [9.17, 15) is 4.79 Å². The second-order valence-electron chi connectivity index (χ2n) is 5.86. The molecule has 4 aromatic rings. The maximum Gasteiger partial charge on any atom is 0.259 e. The van der Waals surface area contributed by atoms with Crippen LogP contribution in [0.1, 0.15) is 22.1 Å². The summed E-state index contributed by atoms with van der Waals surface area (Å²) in [6.45, 7) is 5.88. The van der Waals surface area contributed by atoms with Crippen molar-refractivity contribution in [2.75, 3.05) is 0 Å². The number of nitrogens with one attached hydrogen (secondary N) is 1. The number of hydrogen-bond acceptors (Lipinski definition) is 6. The number of thiophene rings is 1. The molecule has 1 aromatic carbocycles. The molecule has 0 saturated heterocycles. The molecule has 0 unspecified atom stereocenters. The third kappa shape index (κ3) is 2.94. The molecule has 0 fully saturated rings. The summed E-state index contributed by atoms with van der Waals surface area (Å²) in [6.07, 6.45) is 0. The monoisotopic (exact) mass is 368 g/mol. The predicted octanol–water partition coefficient (Wildman–Crippen LogP) is 4.15. The third-order valence-electron chi connectivity index (χ3n) is 4.11. The Bertz CT molecular complexity index is 1160. The van der Waals surface area contributed by atoms with Gasteiger partial charge in [0.25, 0.3) is 5.56 Å². The molecule has 0 amide bonds. The Labute approximate surface area is 152 Å². The molecule has 4 rings (SSSR count). The lowest BCUT2D eigenvalue weighted by molar-refractivity contribution is 1.00. The quantitative estimate of drug-likeness (QED) is 0.434. The molecule has 0 spiro atoms. The summed E-state index contributed by atoms with van der Waals surface area (Å²) < 4.78 is 0. The van der Waals surface area contributed by atoms with E-state index >= 15 is 0 Å². The zero-order valence-corrected chi connectivity index (χ0v) is 15.7. The third-order valence-corrected chi connectivity index (χ3v) is 6.22. The van der Waals surface area contributed by atoms with Gasteiger partial charge in [-0.05, 0) is 32.4 Å². The number of para-hydroxylation sites is 1. The first-order chi connectivity index (χ1) is 12.0. The van der Waals surface area contributed by atoms with Crippen molar-refractivity contribution in [1.82, 2.24) is 19.9 Å². The number of aromatic amines is 1. The van der Waals surface area contributed by atoms with E-state index in [0.717, 1.165) is 37.0 Å². The predicted molar refractivity (Wildman–Crippen MR) is 104 cm³/mol. The van der Waals surface area contributed by atoms with Crippen LogP contribution in [0.3, 0.4) is 0 Å². The average molecular weight is 368 g/mol. The van der Waals surface area contributed by atoms with Gasteiger partial charge < -0.3 is 4.98 Å². The van der Waals surface area contributed by atoms with Crippen LogP contribution in [0.25, 0.3) is 21.1 Å². The number of rotatable bonds is 3. The van der Waals surface area contributed by atoms with E-state index in [-0.39, 0.29) is 5.56 Å². The van der Waals surface area contributed by atoms with Crippen molar-refractivity contribution >= 4 is 44.2 Å². The van der Waals surface area contributed by atoms with Crippen molar-refractivity contribution in [2.45, 2.75) is 31.6 Å². The lowest BCUT2D eigenvalue weighted by Crippen LogP contribution is -2.10. The van der Waals surface area contributed by atoms with Crippen molar-refractivity contribution < 1.29 is 0 Å². The van der Waals surface area contributed by atoms with Gasteiger partial charge in [-0.3, -0.25) is 4.79 Å². The maximum atomic E-state index is 12.4. The summed E-state index contributed by atoms with van der Waals surface area (Å²) >= 11 is 3.13. The highest BCUT2D eigenvalue weighted by Crippen LogP contribution is 2.29. The second kappa shape index (κ2) is 6.24. The van der Waals surface area contributed by atoms with Gasteiger partial charge in [-0.15, -0.1) is 11.3 Å². The van der Waals surface area contributed by atoms with Crippen LogP contribution in [0, 0.1) is 20.8 Å². The van der Waals surface area contributed by atoms with Crippen LogP contribution in [0.2, 0.25) is 0 Å². The van der Waals surface area contributed by atoms with Gasteiger partial charge in [0, 0.05) is 10.3 Å². The van der Waals surface area contributed by atoms with E-state index in [1.54, 1.807) is 23.1 Å². The standard InChI is InChI=1S/C18H16N4OS2/c1-9-10(2)25-18-15(9)16(23)21-14(22-18)8-24-17-12-6-4-5-7-13(12)19-11(3)20-17/h4-7H,8H2,1-3H3,(H,21,22,23). The molecule has 0 aliphatic carbocycles. The number of nitrogens with zero attached hydrogens (tertiary/aromatic N) is 3. The van der Waals surface area contributed by atoms with Crippen molar-refractivity contribution in [1.29, 1.82) is 0 Å². The normalized spacial score (nSPS) is 11.5. The van der Waals surface area contributed by atoms with Gasteiger partial charge in [-0.25, -0.2) is 15.0 Å². The summed E-state index contributed by atoms with van der Waals surface area (Å²) in [4.78, 5) is 30.9. The molecular formula is C18H16N4OS2. The molecule has 0 saturated carbocycles. The van der Waals surface area contributed by atoms with Gasteiger partial charge in [0.05, 0.1) is 16.7 Å². The van der Waals surface area contributed by atoms with Gasteiger partial charge in [0.1, 0.15) is 21.5 Å².